The lowest BCUT2D eigenvalue weighted by Crippen LogP contribution is -2.52. The van der Waals surface area contributed by atoms with Gasteiger partial charge in [-0.15, -0.1) is 0 Å². The molecule has 46 heavy (non-hydrogen) atoms. The van der Waals surface area contributed by atoms with Crippen LogP contribution < -0.4 is 0 Å². The number of fused-ring (bicyclic) bond motifs is 2. The van der Waals surface area contributed by atoms with Crippen molar-refractivity contribution < 1.29 is 30.8 Å². The average molecular weight is 673 g/mol. The molecule has 13 heteroatoms. The SMILES string of the molecule is CC(C)N([C@H]1CCC2=Cc3c(cnn3-c3ccc(F)cc3)C[C@]2(C(=O)c2cc(C(F)(F)F)ccn2)C1)S(=O)(=O)c1ccc(Cl)cc1. The minimum Gasteiger partial charge on any atom is -0.291 e. The lowest BCUT2D eigenvalue weighted by Gasteiger charge is -2.47. The minimum absolute atomic E-state index is 0.0156. The molecule has 0 unspecified atom stereocenters. The third kappa shape index (κ3) is 5.67. The maximum absolute atomic E-state index is 14.5. The molecule has 2 aliphatic carbocycles. The molecular formula is C33H29ClF4N4O3S. The minimum atomic E-state index is -4.69. The Hall–Kier alpha value is -3.87. The van der Waals surface area contributed by atoms with Crippen LogP contribution in [-0.2, 0) is 22.6 Å². The van der Waals surface area contributed by atoms with Crippen molar-refractivity contribution in [3.8, 4) is 5.69 Å². The maximum atomic E-state index is 14.5. The van der Waals surface area contributed by atoms with Crippen molar-refractivity contribution in [1.82, 2.24) is 19.1 Å². The van der Waals surface area contributed by atoms with E-state index in [1.165, 1.54) is 40.7 Å². The fourth-order valence-electron chi connectivity index (χ4n) is 6.69. The van der Waals surface area contributed by atoms with Crippen LogP contribution in [0.2, 0.25) is 5.02 Å². The Balaban J connectivity index is 1.47. The second kappa shape index (κ2) is 11.7. The number of hydrogen-bond acceptors (Lipinski definition) is 5. The molecule has 0 saturated heterocycles. The van der Waals surface area contributed by atoms with E-state index in [2.05, 4.69) is 10.1 Å². The number of hydrogen-bond donors (Lipinski definition) is 0. The number of carbonyl (C=O) groups is 1. The Morgan fingerprint density at radius 3 is 2.43 bits per heavy atom. The van der Waals surface area contributed by atoms with Gasteiger partial charge in [0.1, 0.15) is 11.5 Å². The van der Waals surface area contributed by atoms with Crippen molar-refractivity contribution in [3.05, 3.63) is 112 Å². The van der Waals surface area contributed by atoms with E-state index in [1.807, 2.05) is 6.08 Å². The second-order valence-corrected chi connectivity index (χ2v) is 14.2. The van der Waals surface area contributed by atoms with Gasteiger partial charge in [0.15, 0.2) is 5.78 Å². The fraction of sp³-hybridized carbons (Fsp3) is 0.303. The van der Waals surface area contributed by atoms with Crippen LogP contribution in [0.1, 0.15) is 60.4 Å². The fourth-order valence-corrected chi connectivity index (χ4v) is 8.67. The predicted molar refractivity (Wildman–Crippen MR) is 164 cm³/mol. The number of halogens is 5. The normalized spacial score (nSPS) is 19.9. The van der Waals surface area contributed by atoms with Gasteiger partial charge in [0.2, 0.25) is 10.0 Å². The summed E-state index contributed by atoms with van der Waals surface area (Å²) in [6, 6.07) is 12.0. The lowest BCUT2D eigenvalue weighted by atomic mass is 9.60. The summed E-state index contributed by atoms with van der Waals surface area (Å²) in [6.45, 7) is 3.49. The average Bonchev–Trinajstić information content (AvgIpc) is 3.41. The molecule has 2 aromatic carbocycles. The molecule has 7 nitrogen and oxygen atoms in total. The number of Topliss-reactive ketones (excluding diaryl/α,β-unsaturated/α-hetero) is 1. The molecule has 0 amide bonds. The number of ketones is 1. The highest BCUT2D eigenvalue weighted by Crippen LogP contribution is 2.52. The number of allylic oxidation sites excluding steroid dienone is 1. The molecule has 1 fully saturated rings. The Kier molecular flexibility index (Phi) is 8.19. The largest absolute Gasteiger partial charge is 0.416 e. The third-order valence-electron chi connectivity index (χ3n) is 8.72. The highest BCUT2D eigenvalue weighted by molar-refractivity contribution is 7.89. The quantitative estimate of drug-likeness (QED) is 0.150. The van der Waals surface area contributed by atoms with Gasteiger partial charge in [-0.1, -0.05) is 17.2 Å². The molecule has 2 heterocycles. The van der Waals surface area contributed by atoms with E-state index < -0.39 is 50.9 Å². The first-order chi connectivity index (χ1) is 21.7. The number of aromatic nitrogens is 3. The molecule has 1 saturated carbocycles. The van der Waals surface area contributed by atoms with Crippen LogP contribution in [0.4, 0.5) is 17.6 Å². The van der Waals surface area contributed by atoms with Gasteiger partial charge < -0.3 is 0 Å². The molecule has 0 aliphatic heterocycles. The van der Waals surface area contributed by atoms with E-state index >= 15 is 0 Å². The zero-order chi connectivity index (χ0) is 33.0. The smallest absolute Gasteiger partial charge is 0.291 e. The summed E-state index contributed by atoms with van der Waals surface area (Å²) < 4.78 is 85.8. The van der Waals surface area contributed by atoms with E-state index in [9.17, 15) is 30.8 Å². The number of pyridine rings is 1. The predicted octanol–water partition coefficient (Wildman–Crippen LogP) is 7.54. The summed E-state index contributed by atoms with van der Waals surface area (Å²) >= 11 is 6.02. The van der Waals surface area contributed by atoms with Crippen LogP contribution in [0.25, 0.3) is 11.8 Å². The Bertz CT molecular complexity index is 1940. The molecule has 2 aliphatic rings. The third-order valence-corrected chi connectivity index (χ3v) is 11.1. The summed E-state index contributed by atoms with van der Waals surface area (Å²) in [5.74, 6) is -1.04. The van der Waals surface area contributed by atoms with E-state index in [0.29, 0.717) is 40.4 Å². The van der Waals surface area contributed by atoms with E-state index in [0.717, 1.165) is 18.3 Å². The molecule has 4 aromatic rings. The molecular weight excluding hydrogens is 644 g/mol. The van der Waals surface area contributed by atoms with Gasteiger partial charge in [-0.2, -0.15) is 22.6 Å². The second-order valence-electron chi connectivity index (χ2n) is 11.9. The Morgan fingerprint density at radius 1 is 1.09 bits per heavy atom. The standard InChI is InChI=1S/C33H29ClF4N4O3S/c1-20(2)42(46(44,45)28-11-4-24(34)5-12-28)27-8-3-22-16-30-21(19-40-41(30)26-9-6-25(35)7-10-26)17-32(22,18-27)31(43)29-15-23(13-14-39-29)33(36,37)38/h4-7,9-16,19-20,27H,3,8,17-18H2,1-2H3/t27-,32-/m0/s1. The molecule has 240 valence electrons. The van der Waals surface area contributed by atoms with Crippen LogP contribution >= 0.6 is 11.6 Å². The van der Waals surface area contributed by atoms with E-state index in [-0.39, 0.29) is 23.4 Å². The zero-order valence-electron chi connectivity index (χ0n) is 24.8. The summed E-state index contributed by atoms with van der Waals surface area (Å²) in [4.78, 5) is 18.6. The van der Waals surface area contributed by atoms with Crippen molar-refractivity contribution >= 4 is 33.5 Å². The van der Waals surface area contributed by atoms with Crippen LogP contribution in [0, 0.1) is 11.2 Å². The first-order valence-electron chi connectivity index (χ1n) is 14.6. The van der Waals surface area contributed by atoms with Gasteiger partial charge in [0, 0.05) is 23.3 Å². The van der Waals surface area contributed by atoms with Crippen LogP contribution in [-0.4, -0.2) is 45.4 Å². The number of sulfonamides is 1. The van der Waals surface area contributed by atoms with Gasteiger partial charge >= 0.3 is 6.18 Å². The summed E-state index contributed by atoms with van der Waals surface area (Å²) in [5.41, 5.74) is -0.210. The number of carbonyl (C=O) groups excluding carboxylic acids is 1. The lowest BCUT2D eigenvalue weighted by molar-refractivity contribution is -0.137. The van der Waals surface area contributed by atoms with Gasteiger partial charge in [-0.05, 0) is 112 Å². The Labute approximate surface area is 268 Å². The molecule has 0 N–H and O–H groups in total. The van der Waals surface area contributed by atoms with Crippen molar-refractivity contribution in [2.45, 2.75) is 62.7 Å². The molecule has 6 rings (SSSR count). The number of benzene rings is 2. The van der Waals surface area contributed by atoms with Gasteiger partial charge in [-0.3, -0.25) is 9.78 Å². The van der Waals surface area contributed by atoms with Crippen molar-refractivity contribution in [1.29, 1.82) is 0 Å². The molecule has 2 atom stereocenters. The number of alkyl halides is 3. The Morgan fingerprint density at radius 2 is 1.78 bits per heavy atom. The van der Waals surface area contributed by atoms with Crippen molar-refractivity contribution in [2.24, 2.45) is 5.41 Å². The first-order valence-corrected chi connectivity index (χ1v) is 16.4. The van der Waals surface area contributed by atoms with Crippen molar-refractivity contribution in [3.63, 3.8) is 0 Å². The zero-order valence-corrected chi connectivity index (χ0v) is 26.4. The van der Waals surface area contributed by atoms with Crippen LogP contribution in [0.3, 0.4) is 0 Å². The van der Waals surface area contributed by atoms with Gasteiger partial charge in [0.25, 0.3) is 0 Å². The molecule has 0 bridgehead atoms. The van der Waals surface area contributed by atoms with Crippen LogP contribution in [0.5, 0.6) is 0 Å². The topological polar surface area (TPSA) is 85.2 Å². The van der Waals surface area contributed by atoms with Gasteiger partial charge in [-0.25, -0.2) is 17.5 Å². The highest BCUT2D eigenvalue weighted by atomic mass is 35.5. The first kappa shape index (κ1) is 32.1. The number of rotatable bonds is 7. The molecule has 0 spiro atoms. The summed E-state index contributed by atoms with van der Waals surface area (Å²) in [7, 11) is -4.06. The summed E-state index contributed by atoms with van der Waals surface area (Å²) in [6.07, 6.45) is 0.393. The summed E-state index contributed by atoms with van der Waals surface area (Å²) in [5, 5.41) is 4.87. The van der Waals surface area contributed by atoms with Crippen molar-refractivity contribution in [2.75, 3.05) is 0 Å². The van der Waals surface area contributed by atoms with E-state index in [4.69, 9.17) is 11.6 Å². The molecule has 0 radical (unpaired) electrons. The van der Waals surface area contributed by atoms with Crippen LogP contribution in [0.15, 0.2) is 83.5 Å². The maximum Gasteiger partial charge on any atom is 0.416 e. The van der Waals surface area contributed by atoms with Gasteiger partial charge in [0.05, 0.1) is 33.5 Å². The van der Waals surface area contributed by atoms with E-state index in [1.54, 1.807) is 36.9 Å². The number of nitrogens with zero attached hydrogens (tertiary/aromatic N) is 4. The molecule has 2 aromatic heterocycles. The monoisotopic (exact) mass is 672 g/mol. The highest BCUT2D eigenvalue weighted by Gasteiger charge is 2.52.